The molecule has 10 aromatic rings. The molecule has 316 valence electrons. The largest absolute Gasteiger partial charge is 0.398 e. The average molecular weight is 851 g/mol. The van der Waals surface area contributed by atoms with Crippen molar-refractivity contribution >= 4 is 66.7 Å². The zero-order valence-electron chi connectivity index (χ0n) is 36.5. The van der Waals surface area contributed by atoms with E-state index in [1.165, 1.54) is 38.0 Å². The first-order chi connectivity index (χ1) is 32.6. The fourth-order valence-electron chi connectivity index (χ4n) is 10.0. The molecule has 2 atom stereocenters. The Hall–Kier alpha value is -8.48. The van der Waals surface area contributed by atoms with Crippen LogP contribution in [0.3, 0.4) is 0 Å². The van der Waals surface area contributed by atoms with Gasteiger partial charge in [0.1, 0.15) is 17.8 Å². The van der Waals surface area contributed by atoms with Gasteiger partial charge in [-0.15, -0.1) is 0 Å². The maximum Gasteiger partial charge on any atom is 0.169 e. The summed E-state index contributed by atoms with van der Waals surface area (Å²) in [6, 6.07) is 75.4. The quantitative estimate of drug-likeness (QED) is 0.105. The summed E-state index contributed by atoms with van der Waals surface area (Å²) in [5.41, 5.74) is 20.6. The van der Waals surface area contributed by atoms with Gasteiger partial charge in [0.15, 0.2) is 6.17 Å². The van der Waals surface area contributed by atoms with Gasteiger partial charge < -0.3 is 21.3 Å². The van der Waals surface area contributed by atoms with Crippen molar-refractivity contribution < 1.29 is 0 Å². The van der Waals surface area contributed by atoms with Gasteiger partial charge in [0.25, 0.3) is 0 Å². The molecule has 6 heteroatoms. The van der Waals surface area contributed by atoms with Crippen molar-refractivity contribution in [1.29, 1.82) is 0 Å². The molecule has 0 radical (unpaired) electrons. The lowest BCUT2D eigenvalue weighted by atomic mass is 9.91. The van der Waals surface area contributed by atoms with Crippen LogP contribution in [0.1, 0.15) is 36.2 Å². The minimum atomic E-state index is -0.453. The summed E-state index contributed by atoms with van der Waals surface area (Å²) in [7, 11) is 0. The Morgan fingerprint density at radius 1 is 0.470 bits per heavy atom. The summed E-state index contributed by atoms with van der Waals surface area (Å²) in [4.78, 5) is 13.0. The van der Waals surface area contributed by atoms with E-state index in [1.807, 2.05) is 30.3 Å². The molecule has 2 heterocycles. The van der Waals surface area contributed by atoms with Crippen LogP contribution >= 0.6 is 0 Å². The van der Waals surface area contributed by atoms with Gasteiger partial charge in [0.2, 0.25) is 0 Å². The SMILES string of the molecule is CCC1Nc2ccccc2N1c1ccc(-c2c(N)cccc2-c2ccc(-c3cccc(C4N=C(c5ccccc5)NC(c5ccc6c7ccccc7c7ccccc7c6c5)=N4)c3)cc2)cc1. The Morgan fingerprint density at radius 3 is 1.77 bits per heavy atom. The molecule has 2 aliphatic rings. The van der Waals surface area contributed by atoms with Crippen molar-refractivity contribution in [3.05, 3.63) is 229 Å². The number of hydrogen-bond acceptors (Lipinski definition) is 6. The van der Waals surface area contributed by atoms with Gasteiger partial charge in [-0.1, -0.05) is 177 Å². The van der Waals surface area contributed by atoms with Crippen LogP contribution in [0.5, 0.6) is 0 Å². The number of nitrogens with two attached hydrogens (primary N) is 1. The monoisotopic (exact) mass is 850 g/mol. The molecular weight excluding hydrogens is 805 g/mol. The predicted octanol–water partition coefficient (Wildman–Crippen LogP) is 14.5. The van der Waals surface area contributed by atoms with Crippen molar-refractivity contribution in [3.63, 3.8) is 0 Å². The van der Waals surface area contributed by atoms with Crippen LogP contribution in [-0.2, 0) is 0 Å². The summed E-state index contributed by atoms with van der Waals surface area (Å²) in [5.74, 6) is 1.58. The van der Waals surface area contributed by atoms with E-state index in [1.54, 1.807) is 0 Å². The van der Waals surface area contributed by atoms with Crippen molar-refractivity contribution in [1.82, 2.24) is 5.32 Å². The normalized spacial score (nSPS) is 15.6. The van der Waals surface area contributed by atoms with Gasteiger partial charge in [0.05, 0.1) is 11.4 Å². The maximum absolute atomic E-state index is 6.78. The van der Waals surface area contributed by atoms with E-state index in [4.69, 9.17) is 15.7 Å². The summed E-state index contributed by atoms with van der Waals surface area (Å²) >= 11 is 0. The van der Waals surface area contributed by atoms with Crippen LogP contribution in [-0.4, -0.2) is 17.8 Å². The topological polar surface area (TPSA) is 78.0 Å². The fraction of sp³-hybridized carbons (Fsp3) is 0.0667. The Bertz CT molecular complexity index is 3500. The third-order valence-corrected chi connectivity index (χ3v) is 13.2. The number of nitrogens with zero attached hydrogens (tertiary/aromatic N) is 3. The number of benzene rings is 10. The van der Waals surface area contributed by atoms with Crippen molar-refractivity contribution in [2.24, 2.45) is 9.98 Å². The Labute approximate surface area is 384 Å². The lowest BCUT2D eigenvalue weighted by Crippen LogP contribution is -2.36. The molecule has 6 nitrogen and oxygen atoms in total. The van der Waals surface area contributed by atoms with E-state index in [-0.39, 0.29) is 6.17 Å². The molecular formula is C60H46N6. The zero-order valence-corrected chi connectivity index (χ0v) is 36.5. The number of nitrogens with one attached hydrogen (secondary N) is 2. The van der Waals surface area contributed by atoms with Crippen LogP contribution in [0.4, 0.5) is 22.7 Å². The number of fused-ring (bicyclic) bond motifs is 7. The van der Waals surface area contributed by atoms with Gasteiger partial charge in [-0.3, -0.25) is 0 Å². The molecule has 0 saturated carbocycles. The highest BCUT2D eigenvalue weighted by atomic mass is 15.3. The molecule has 12 rings (SSSR count). The molecule has 0 spiro atoms. The highest BCUT2D eigenvalue weighted by molar-refractivity contribution is 6.26. The van der Waals surface area contributed by atoms with Crippen LogP contribution < -0.4 is 21.3 Å². The van der Waals surface area contributed by atoms with E-state index < -0.39 is 6.17 Å². The first-order valence-electron chi connectivity index (χ1n) is 22.7. The Morgan fingerprint density at radius 2 is 1.05 bits per heavy atom. The van der Waals surface area contributed by atoms with Gasteiger partial charge in [-0.2, -0.15) is 0 Å². The molecule has 0 bridgehead atoms. The lowest BCUT2D eigenvalue weighted by Gasteiger charge is -2.26. The molecule has 66 heavy (non-hydrogen) atoms. The number of para-hydroxylation sites is 2. The second-order valence-corrected chi connectivity index (χ2v) is 17.1. The fourth-order valence-corrected chi connectivity index (χ4v) is 10.0. The van der Waals surface area contributed by atoms with Crippen molar-refractivity contribution in [2.75, 3.05) is 16.0 Å². The van der Waals surface area contributed by atoms with Crippen LogP contribution in [0, 0.1) is 0 Å². The van der Waals surface area contributed by atoms with Gasteiger partial charge in [0, 0.05) is 28.1 Å². The van der Waals surface area contributed by atoms with E-state index in [2.05, 4.69) is 204 Å². The smallest absolute Gasteiger partial charge is 0.169 e. The number of hydrogen-bond donors (Lipinski definition) is 3. The van der Waals surface area contributed by atoms with Crippen LogP contribution in [0.25, 0.3) is 65.7 Å². The zero-order chi connectivity index (χ0) is 44.1. The van der Waals surface area contributed by atoms with Gasteiger partial charge >= 0.3 is 0 Å². The molecule has 0 aromatic heterocycles. The third-order valence-electron chi connectivity index (χ3n) is 13.2. The Kier molecular flexibility index (Phi) is 9.64. The van der Waals surface area contributed by atoms with Crippen LogP contribution in [0.2, 0.25) is 0 Å². The maximum atomic E-state index is 6.78. The third kappa shape index (κ3) is 6.82. The predicted molar refractivity (Wildman–Crippen MR) is 278 cm³/mol. The number of aliphatic imine (C=N–C) groups is 2. The molecule has 0 aliphatic carbocycles. The first-order valence-corrected chi connectivity index (χ1v) is 22.7. The lowest BCUT2D eigenvalue weighted by molar-refractivity contribution is 0.728. The van der Waals surface area contributed by atoms with E-state index >= 15 is 0 Å². The number of rotatable bonds is 8. The molecule has 0 fully saturated rings. The van der Waals surface area contributed by atoms with Gasteiger partial charge in [-0.05, 0) is 115 Å². The molecule has 2 aliphatic heterocycles. The highest BCUT2D eigenvalue weighted by Gasteiger charge is 2.28. The number of anilines is 4. The second kappa shape index (κ2) is 16.3. The average Bonchev–Trinajstić information content (AvgIpc) is 3.78. The molecule has 4 N–H and O–H groups in total. The molecule has 2 unspecified atom stereocenters. The van der Waals surface area contributed by atoms with Gasteiger partial charge in [-0.25, -0.2) is 9.98 Å². The standard InChI is InChI=1S/C60H46N6/c1-2-56-62-54-24-10-11-25-55(54)66(56)45-33-30-40(31-34-45)57-46(22-13-23-53(57)61)39-28-26-38(27-29-39)42-16-12-17-43(36-42)59-63-58(41-14-4-3-5-15-41)64-60(65-59)44-32-35-51-49-20-7-6-18-47(49)48-19-8-9-21-50(48)52(51)37-44/h3-37,56,59,62H,2,61H2,1H3,(H,63,64,65). The minimum Gasteiger partial charge on any atom is -0.398 e. The molecule has 0 saturated heterocycles. The molecule has 10 aromatic carbocycles. The van der Waals surface area contributed by atoms with Crippen LogP contribution in [0.15, 0.2) is 222 Å². The van der Waals surface area contributed by atoms with Crippen molar-refractivity contribution in [2.45, 2.75) is 25.7 Å². The highest BCUT2D eigenvalue weighted by Crippen LogP contribution is 2.43. The van der Waals surface area contributed by atoms with E-state index in [9.17, 15) is 0 Å². The summed E-state index contributed by atoms with van der Waals surface area (Å²) in [6.45, 7) is 2.22. The summed E-state index contributed by atoms with van der Waals surface area (Å²) in [6.07, 6.45) is 0.725. The first kappa shape index (κ1) is 39.1. The summed E-state index contributed by atoms with van der Waals surface area (Å²) < 4.78 is 0. The molecule has 0 amide bonds. The van der Waals surface area contributed by atoms with Crippen molar-refractivity contribution in [3.8, 4) is 33.4 Å². The number of nitrogen functional groups attached to an aromatic ring is 1. The number of amidine groups is 2. The second-order valence-electron chi connectivity index (χ2n) is 17.1. The van der Waals surface area contributed by atoms with E-state index in [0.29, 0.717) is 0 Å². The van der Waals surface area contributed by atoms with E-state index in [0.717, 1.165) is 85.2 Å². The Balaban J connectivity index is 0.872. The summed E-state index contributed by atoms with van der Waals surface area (Å²) in [5, 5.41) is 14.7. The minimum absolute atomic E-state index is 0.202.